The van der Waals surface area contributed by atoms with Crippen LogP contribution in [0.5, 0.6) is 0 Å². The third kappa shape index (κ3) is 3.16. The van der Waals surface area contributed by atoms with Crippen molar-refractivity contribution in [3.05, 3.63) is 62.4 Å². The second-order valence-electron chi connectivity index (χ2n) is 5.48. The largest absolute Gasteiger partial charge is 0.317 e. The van der Waals surface area contributed by atoms with Gasteiger partial charge in [-0.1, -0.05) is 45.0 Å². The molecule has 1 amide bonds. The smallest absolute Gasteiger partial charge is 0.279 e. The van der Waals surface area contributed by atoms with Crippen LogP contribution in [0.15, 0.2) is 45.9 Å². The van der Waals surface area contributed by atoms with Crippen LogP contribution >= 0.6 is 27.3 Å². The number of benzene rings is 2. The summed E-state index contributed by atoms with van der Waals surface area (Å²) >= 11 is 5.03. The van der Waals surface area contributed by atoms with E-state index in [-0.39, 0.29) is 5.91 Å². The summed E-state index contributed by atoms with van der Waals surface area (Å²) in [6, 6.07) is 11.9. The van der Waals surface area contributed by atoms with E-state index in [0.29, 0.717) is 5.56 Å². The predicted octanol–water partition coefficient (Wildman–Crippen LogP) is 4.84. The van der Waals surface area contributed by atoms with E-state index >= 15 is 0 Å². The fourth-order valence-corrected chi connectivity index (χ4v) is 4.28. The van der Waals surface area contributed by atoms with Gasteiger partial charge < -0.3 is 4.57 Å². The summed E-state index contributed by atoms with van der Waals surface area (Å²) in [6.07, 6.45) is 0. The van der Waals surface area contributed by atoms with Crippen molar-refractivity contribution in [2.45, 2.75) is 27.3 Å². The lowest BCUT2D eigenvalue weighted by Gasteiger charge is -2.03. The van der Waals surface area contributed by atoms with E-state index in [1.54, 1.807) is 11.3 Å². The molecule has 0 aliphatic carbocycles. The van der Waals surface area contributed by atoms with Crippen molar-refractivity contribution in [1.82, 2.24) is 4.57 Å². The lowest BCUT2D eigenvalue weighted by atomic mass is 10.1. The molecular weight excluding hydrogens is 372 g/mol. The van der Waals surface area contributed by atoms with Crippen LogP contribution < -0.4 is 4.80 Å². The van der Waals surface area contributed by atoms with Gasteiger partial charge in [0.1, 0.15) is 0 Å². The Balaban J connectivity index is 2.15. The molecule has 118 valence electrons. The van der Waals surface area contributed by atoms with Gasteiger partial charge in [0.05, 0.1) is 10.2 Å². The number of hydrogen-bond acceptors (Lipinski definition) is 2. The molecule has 1 aromatic heterocycles. The number of fused-ring (bicyclic) bond motifs is 1. The fraction of sp³-hybridized carbons (Fsp3) is 0.222. The summed E-state index contributed by atoms with van der Waals surface area (Å²) in [5.41, 5.74) is 3.88. The highest BCUT2D eigenvalue weighted by Crippen LogP contribution is 2.22. The van der Waals surface area contributed by atoms with Crippen LogP contribution in [0.25, 0.3) is 10.2 Å². The van der Waals surface area contributed by atoms with E-state index in [4.69, 9.17) is 0 Å². The molecule has 0 N–H and O–H groups in total. The van der Waals surface area contributed by atoms with E-state index in [1.165, 1.54) is 0 Å². The van der Waals surface area contributed by atoms with Crippen LogP contribution in [0.4, 0.5) is 0 Å². The molecule has 23 heavy (non-hydrogen) atoms. The maximum absolute atomic E-state index is 12.6. The topological polar surface area (TPSA) is 34.4 Å². The van der Waals surface area contributed by atoms with E-state index < -0.39 is 0 Å². The highest BCUT2D eigenvalue weighted by Gasteiger charge is 2.10. The minimum Gasteiger partial charge on any atom is -0.317 e. The van der Waals surface area contributed by atoms with Gasteiger partial charge in [-0.05, 0) is 50.6 Å². The van der Waals surface area contributed by atoms with Crippen molar-refractivity contribution >= 4 is 43.4 Å². The molecule has 0 atom stereocenters. The summed E-state index contributed by atoms with van der Waals surface area (Å²) in [5.74, 6) is -0.185. The average Bonchev–Trinajstić information content (AvgIpc) is 2.82. The Morgan fingerprint density at radius 2 is 2.00 bits per heavy atom. The van der Waals surface area contributed by atoms with Gasteiger partial charge in [0.2, 0.25) is 0 Å². The molecule has 0 spiro atoms. The average molecular weight is 389 g/mol. The zero-order chi connectivity index (χ0) is 16.6. The van der Waals surface area contributed by atoms with Crippen LogP contribution in [0, 0.1) is 13.8 Å². The number of aryl methyl sites for hydroxylation is 3. The number of rotatable bonds is 2. The number of halogens is 1. The first kappa shape index (κ1) is 16.1. The van der Waals surface area contributed by atoms with Crippen molar-refractivity contribution < 1.29 is 4.79 Å². The van der Waals surface area contributed by atoms with Crippen LogP contribution in [0.2, 0.25) is 0 Å². The molecule has 0 saturated carbocycles. The van der Waals surface area contributed by atoms with Crippen molar-refractivity contribution in [1.29, 1.82) is 0 Å². The Labute approximate surface area is 147 Å². The van der Waals surface area contributed by atoms with Crippen LogP contribution in [-0.4, -0.2) is 10.5 Å². The molecule has 0 aliphatic rings. The highest BCUT2D eigenvalue weighted by atomic mass is 79.9. The third-order valence-corrected chi connectivity index (χ3v) is 5.30. The minimum atomic E-state index is -0.185. The Kier molecular flexibility index (Phi) is 4.50. The molecule has 0 bridgehead atoms. The van der Waals surface area contributed by atoms with Crippen molar-refractivity contribution in [3.8, 4) is 0 Å². The monoisotopic (exact) mass is 388 g/mol. The first-order valence-corrected chi connectivity index (χ1v) is 9.05. The Morgan fingerprint density at radius 3 is 2.70 bits per heavy atom. The van der Waals surface area contributed by atoms with Gasteiger partial charge in [-0.25, -0.2) is 0 Å². The maximum Gasteiger partial charge on any atom is 0.279 e. The first-order valence-electron chi connectivity index (χ1n) is 7.45. The number of carbonyl (C=O) groups excluding carboxylic acids is 1. The molecular formula is C18H17BrN2OS. The number of thiazole rings is 1. The molecule has 2 aromatic carbocycles. The molecule has 0 saturated heterocycles. The quantitative estimate of drug-likeness (QED) is 0.617. The molecule has 0 aliphatic heterocycles. The number of amides is 1. The summed E-state index contributed by atoms with van der Waals surface area (Å²) in [6.45, 7) is 6.81. The standard InChI is InChI=1S/C18H17BrN2OS/c1-4-21-15-8-6-13(19)10-16(15)23-18(21)20-17(22)14-7-5-11(2)9-12(14)3/h5-10H,4H2,1-3H3. The lowest BCUT2D eigenvalue weighted by molar-refractivity contribution is 0.0997. The van der Waals surface area contributed by atoms with Crippen LogP contribution in [-0.2, 0) is 6.54 Å². The van der Waals surface area contributed by atoms with Gasteiger partial charge in [-0.15, -0.1) is 0 Å². The van der Waals surface area contributed by atoms with Crippen molar-refractivity contribution in [2.75, 3.05) is 0 Å². The summed E-state index contributed by atoms with van der Waals surface area (Å²) < 4.78 is 4.23. The molecule has 3 aromatic rings. The van der Waals surface area contributed by atoms with E-state index in [1.807, 2.05) is 38.1 Å². The SMILES string of the molecule is CCn1c(=NC(=O)c2ccc(C)cc2C)sc2cc(Br)ccc21. The van der Waals surface area contributed by atoms with E-state index in [0.717, 1.165) is 37.2 Å². The molecule has 0 radical (unpaired) electrons. The first-order chi connectivity index (χ1) is 11.0. The maximum atomic E-state index is 12.6. The van der Waals surface area contributed by atoms with Gasteiger partial charge in [0, 0.05) is 16.6 Å². The van der Waals surface area contributed by atoms with E-state index in [9.17, 15) is 4.79 Å². The van der Waals surface area contributed by atoms with Gasteiger partial charge in [0.25, 0.3) is 5.91 Å². The van der Waals surface area contributed by atoms with Gasteiger partial charge in [-0.3, -0.25) is 4.79 Å². The molecule has 5 heteroatoms. The molecule has 3 nitrogen and oxygen atoms in total. The predicted molar refractivity (Wildman–Crippen MR) is 99.0 cm³/mol. The lowest BCUT2D eigenvalue weighted by Crippen LogP contribution is -2.16. The molecule has 1 heterocycles. The number of aromatic nitrogens is 1. The van der Waals surface area contributed by atoms with Gasteiger partial charge in [0.15, 0.2) is 4.80 Å². The zero-order valence-corrected chi connectivity index (χ0v) is 15.7. The van der Waals surface area contributed by atoms with Crippen LogP contribution in [0.3, 0.4) is 0 Å². The Bertz CT molecular complexity index is 969. The number of nitrogens with zero attached hydrogens (tertiary/aromatic N) is 2. The summed E-state index contributed by atoms with van der Waals surface area (Å²) in [5, 5.41) is 0. The van der Waals surface area contributed by atoms with Gasteiger partial charge >= 0.3 is 0 Å². The summed E-state index contributed by atoms with van der Waals surface area (Å²) in [4.78, 5) is 17.7. The molecule has 3 rings (SSSR count). The highest BCUT2D eigenvalue weighted by molar-refractivity contribution is 9.10. The fourth-order valence-electron chi connectivity index (χ4n) is 2.64. The number of hydrogen-bond donors (Lipinski definition) is 0. The van der Waals surface area contributed by atoms with E-state index in [2.05, 4.69) is 44.5 Å². The zero-order valence-electron chi connectivity index (χ0n) is 13.3. The summed E-state index contributed by atoms with van der Waals surface area (Å²) in [7, 11) is 0. The second kappa shape index (κ2) is 6.42. The van der Waals surface area contributed by atoms with Gasteiger partial charge in [-0.2, -0.15) is 4.99 Å². The van der Waals surface area contributed by atoms with Crippen LogP contribution in [0.1, 0.15) is 28.4 Å². The van der Waals surface area contributed by atoms with Crippen molar-refractivity contribution in [2.24, 2.45) is 4.99 Å². The second-order valence-corrected chi connectivity index (χ2v) is 7.40. The Hall–Kier alpha value is -1.72. The normalized spacial score (nSPS) is 12.1. The van der Waals surface area contributed by atoms with Crippen molar-refractivity contribution in [3.63, 3.8) is 0 Å². The minimum absolute atomic E-state index is 0.185. The Morgan fingerprint density at radius 1 is 1.22 bits per heavy atom. The molecule has 0 fully saturated rings. The third-order valence-electron chi connectivity index (χ3n) is 3.77. The molecule has 0 unspecified atom stereocenters. The number of carbonyl (C=O) groups is 1.